The Labute approximate surface area is 244 Å². The highest BCUT2D eigenvalue weighted by Crippen LogP contribution is 2.28. The van der Waals surface area contributed by atoms with Gasteiger partial charge in [0.1, 0.15) is 0 Å². The van der Waals surface area contributed by atoms with Crippen LogP contribution in [0.3, 0.4) is 0 Å². The van der Waals surface area contributed by atoms with E-state index in [-0.39, 0.29) is 30.2 Å². The summed E-state index contributed by atoms with van der Waals surface area (Å²) in [5.74, 6) is -0.247. The summed E-state index contributed by atoms with van der Waals surface area (Å²) in [6, 6.07) is 19.4. The molecular weight excluding hydrogens is 514 g/mol. The van der Waals surface area contributed by atoms with Crippen LogP contribution in [0.15, 0.2) is 78.9 Å². The number of carbonyl (C=O) groups excluding carboxylic acids is 3. The van der Waals surface area contributed by atoms with Crippen molar-refractivity contribution in [2.45, 2.75) is 57.0 Å². The van der Waals surface area contributed by atoms with Crippen LogP contribution in [-0.4, -0.2) is 82.9 Å². The summed E-state index contributed by atoms with van der Waals surface area (Å²) >= 11 is 0. The van der Waals surface area contributed by atoms with Crippen LogP contribution in [0.2, 0.25) is 0 Å². The second-order valence-electron chi connectivity index (χ2n) is 11.6. The molecule has 1 N–H and O–H groups in total. The number of hydrogen-bond acceptors (Lipinski definition) is 4. The smallest absolute Gasteiger partial charge is 0.253 e. The van der Waals surface area contributed by atoms with Crippen LogP contribution >= 0.6 is 0 Å². The lowest BCUT2D eigenvalue weighted by atomic mass is 9.89. The molecule has 0 unspecified atom stereocenters. The molecule has 41 heavy (non-hydrogen) atoms. The molecule has 7 nitrogen and oxygen atoms in total. The fourth-order valence-electron chi connectivity index (χ4n) is 5.74. The van der Waals surface area contributed by atoms with Gasteiger partial charge >= 0.3 is 0 Å². The van der Waals surface area contributed by atoms with E-state index in [1.807, 2.05) is 70.5 Å². The van der Waals surface area contributed by atoms with E-state index in [0.29, 0.717) is 56.6 Å². The summed E-state index contributed by atoms with van der Waals surface area (Å²) in [4.78, 5) is 44.7. The SMILES string of the molecule is C=C(C(=O)N1CCCCC1)/C(=C\C(=O)N(C)CC1(O)CCN(C(=O)C[C@@H](C)c2ccccc2)CC1)c1ccccc1. The van der Waals surface area contributed by atoms with Gasteiger partial charge in [0.15, 0.2) is 0 Å². The van der Waals surface area contributed by atoms with E-state index in [2.05, 4.69) is 13.5 Å². The van der Waals surface area contributed by atoms with Crippen LogP contribution < -0.4 is 0 Å². The van der Waals surface area contributed by atoms with Gasteiger partial charge in [0.25, 0.3) is 5.91 Å². The van der Waals surface area contributed by atoms with Crippen molar-refractivity contribution in [3.8, 4) is 0 Å². The standard InChI is InChI=1S/C34H43N3O4/c1-26(28-13-7-4-8-14-28)23-32(39)36-21-17-34(41,18-22-36)25-35(3)31(38)24-30(29-15-9-5-10-16-29)27(2)33(40)37-19-11-6-12-20-37/h4-5,7-10,13-16,24,26,41H,2,6,11-12,17-23,25H2,1,3H3/b30-24+/t26-/m1/s1. The van der Waals surface area contributed by atoms with Crippen LogP contribution in [0, 0.1) is 0 Å². The predicted octanol–water partition coefficient (Wildman–Crippen LogP) is 4.64. The largest absolute Gasteiger partial charge is 0.388 e. The number of piperidine rings is 2. The topological polar surface area (TPSA) is 81.2 Å². The highest BCUT2D eigenvalue weighted by atomic mass is 16.3. The predicted molar refractivity (Wildman–Crippen MR) is 162 cm³/mol. The molecule has 1 atom stereocenters. The normalized spacial score (nSPS) is 18.0. The zero-order valence-corrected chi connectivity index (χ0v) is 24.4. The minimum atomic E-state index is -1.09. The molecule has 0 bridgehead atoms. The van der Waals surface area contributed by atoms with Crippen LogP contribution in [0.1, 0.15) is 62.5 Å². The second-order valence-corrected chi connectivity index (χ2v) is 11.6. The van der Waals surface area contributed by atoms with Crippen LogP contribution in [0.5, 0.6) is 0 Å². The Morgan fingerprint density at radius 2 is 1.51 bits per heavy atom. The summed E-state index contributed by atoms with van der Waals surface area (Å²) in [5, 5.41) is 11.3. The maximum absolute atomic E-state index is 13.4. The molecule has 2 aliphatic rings. The fourth-order valence-corrected chi connectivity index (χ4v) is 5.74. The van der Waals surface area contributed by atoms with E-state index in [0.717, 1.165) is 30.4 Å². The second kappa shape index (κ2) is 13.8. The maximum atomic E-state index is 13.4. The molecule has 2 saturated heterocycles. The van der Waals surface area contributed by atoms with E-state index in [9.17, 15) is 19.5 Å². The minimum Gasteiger partial charge on any atom is -0.388 e. The Kier molecular flexibility index (Phi) is 10.2. The van der Waals surface area contributed by atoms with Crippen molar-refractivity contribution in [2.75, 3.05) is 39.8 Å². The van der Waals surface area contributed by atoms with Crippen molar-refractivity contribution in [1.82, 2.24) is 14.7 Å². The Bertz CT molecular complexity index is 1240. The van der Waals surface area contributed by atoms with Gasteiger partial charge in [-0.3, -0.25) is 14.4 Å². The fraction of sp³-hybridized carbons (Fsp3) is 0.441. The van der Waals surface area contributed by atoms with E-state index < -0.39 is 5.60 Å². The van der Waals surface area contributed by atoms with Gasteiger partial charge in [0.2, 0.25) is 11.8 Å². The van der Waals surface area contributed by atoms with Crippen molar-refractivity contribution in [3.63, 3.8) is 0 Å². The van der Waals surface area contributed by atoms with Crippen molar-refractivity contribution in [1.29, 1.82) is 0 Å². The summed E-state index contributed by atoms with van der Waals surface area (Å²) in [6.45, 7) is 8.59. The molecule has 7 heteroatoms. The number of carbonyl (C=O) groups is 3. The van der Waals surface area contributed by atoms with Gasteiger partial charge < -0.3 is 19.8 Å². The molecule has 2 fully saturated rings. The summed E-state index contributed by atoms with van der Waals surface area (Å²) in [5.41, 5.74) is 1.60. The number of hydrogen-bond donors (Lipinski definition) is 1. The highest BCUT2D eigenvalue weighted by Gasteiger charge is 2.36. The first kappa shape index (κ1) is 30.3. The monoisotopic (exact) mass is 557 g/mol. The Hall–Kier alpha value is -3.71. The lowest BCUT2D eigenvalue weighted by molar-refractivity contribution is -0.139. The Morgan fingerprint density at radius 1 is 0.927 bits per heavy atom. The number of nitrogens with zero attached hydrogens (tertiary/aromatic N) is 3. The van der Waals surface area contributed by atoms with E-state index >= 15 is 0 Å². The molecule has 2 heterocycles. The zero-order valence-electron chi connectivity index (χ0n) is 24.4. The first-order chi connectivity index (χ1) is 19.7. The summed E-state index contributed by atoms with van der Waals surface area (Å²) < 4.78 is 0. The number of benzene rings is 2. The number of aliphatic hydroxyl groups is 1. The summed E-state index contributed by atoms with van der Waals surface area (Å²) in [6.07, 6.45) is 5.73. The van der Waals surface area contributed by atoms with Crippen LogP contribution in [-0.2, 0) is 14.4 Å². The van der Waals surface area contributed by atoms with Crippen LogP contribution in [0.25, 0.3) is 5.57 Å². The molecular formula is C34H43N3O4. The average molecular weight is 558 g/mol. The van der Waals surface area contributed by atoms with Crippen molar-refractivity contribution in [3.05, 3.63) is 90.0 Å². The van der Waals surface area contributed by atoms with E-state index in [1.165, 1.54) is 11.0 Å². The first-order valence-corrected chi connectivity index (χ1v) is 14.7. The maximum Gasteiger partial charge on any atom is 0.253 e. The third kappa shape index (κ3) is 7.94. The molecule has 0 saturated carbocycles. The number of amides is 3. The third-order valence-corrected chi connectivity index (χ3v) is 8.38. The number of likely N-dealkylation sites (N-methyl/N-ethyl adjacent to an activating group) is 1. The van der Waals surface area contributed by atoms with Gasteiger partial charge in [-0.25, -0.2) is 0 Å². The molecule has 0 radical (unpaired) electrons. The first-order valence-electron chi connectivity index (χ1n) is 14.7. The van der Waals surface area contributed by atoms with Gasteiger partial charge in [0, 0.05) is 57.8 Å². The molecule has 3 amide bonds. The molecule has 2 aromatic carbocycles. The van der Waals surface area contributed by atoms with Crippen molar-refractivity contribution < 1.29 is 19.5 Å². The third-order valence-electron chi connectivity index (χ3n) is 8.38. The number of likely N-dealkylation sites (tertiary alicyclic amines) is 2. The molecule has 2 aromatic rings. The van der Waals surface area contributed by atoms with Gasteiger partial charge in [-0.15, -0.1) is 0 Å². The lowest BCUT2D eigenvalue weighted by Crippen LogP contribution is -2.52. The Morgan fingerprint density at radius 3 is 2.12 bits per heavy atom. The van der Waals surface area contributed by atoms with Gasteiger partial charge in [-0.2, -0.15) is 0 Å². The Balaban J connectivity index is 1.38. The van der Waals surface area contributed by atoms with Gasteiger partial charge in [-0.05, 0) is 54.7 Å². The molecule has 218 valence electrons. The minimum absolute atomic E-state index is 0.0835. The number of rotatable bonds is 9. The highest BCUT2D eigenvalue weighted by molar-refractivity contribution is 6.12. The van der Waals surface area contributed by atoms with E-state index in [1.54, 1.807) is 7.05 Å². The quantitative estimate of drug-likeness (QED) is 0.360. The lowest BCUT2D eigenvalue weighted by Gasteiger charge is -2.40. The molecule has 0 aromatic heterocycles. The van der Waals surface area contributed by atoms with Crippen LogP contribution in [0.4, 0.5) is 0 Å². The summed E-state index contributed by atoms with van der Waals surface area (Å²) in [7, 11) is 1.66. The molecule has 0 aliphatic carbocycles. The zero-order chi connectivity index (χ0) is 29.4. The van der Waals surface area contributed by atoms with E-state index in [4.69, 9.17) is 0 Å². The molecule has 4 rings (SSSR count). The van der Waals surface area contributed by atoms with Crippen molar-refractivity contribution >= 4 is 23.3 Å². The molecule has 0 spiro atoms. The van der Waals surface area contributed by atoms with Gasteiger partial charge in [-0.1, -0.05) is 74.2 Å². The average Bonchev–Trinajstić information content (AvgIpc) is 3.00. The van der Waals surface area contributed by atoms with Gasteiger partial charge in [0.05, 0.1) is 5.60 Å². The molecule has 2 aliphatic heterocycles. The van der Waals surface area contributed by atoms with Crippen molar-refractivity contribution in [2.24, 2.45) is 0 Å².